The number of amides is 1. The third-order valence-corrected chi connectivity index (χ3v) is 3.56. The molecule has 0 saturated carbocycles. The molecule has 0 spiro atoms. The summed E-state index contributed by atoms with van der Waals surface area (Å²) in [5, 5.41) is 3.15. The van der Waals surface area contributed by atoms with E-state index in [1.54, 1.807) is 0 Å². The molecule has 0 aromatic heterocycles. The fourth-order valence-electron chi connectivity index (χ4n) is 2.37. The molecular formula is C17H27NO. The minimum absolute atomic E-state index is 0.0187. The van der Waals surface area contributed by atoms with Gasteiger partial charge in [0.25, 0.3) is 0 Å². The Balaban J connectivity index is 2.50. The maximum atomic E-state index is 12.3. The summed E-state index contributed by atoms with van der Waals surface area (Å²) < 4.78 is 0. The minimum Gasteiger partial charge on any atom is -0.353 e. The van der Waals surface area contributed by atoms with Crippen LogP contribution < -0.4 is 5.32 Å². The van der Waals surface area contributed by atoms with Gasteiger partial charge in [0.2, 0.25) is 5.91 Å². The maximum absolute atomic E-state index is 12.3. The first-order valence-electron chi connectivity index (χ1n) is 7.54. The molecule has 0 aliphatic heterocycles. The van der Waals surface area contributed by atoms with E-state index in [4.69, 9.17) is 0 Å². The Kier molecular flexibility index (Phi) is 7.24. The van der Waals surface area contributed by atoms with Gasteiger partial charge >= 0.3 is 0 Å². The molecule has 1 aromatic rings. The molecule has 2 atom stereocenters. The summed E-state index contributed by atoms with van der Waals surface area (Å²) in [6.07, 6.45) is 5.58. The van der Waals surface area contributed by atoms with Crippen LogP contribution in [0, 0.1) is 0 Å². The Morgan fingerprint density at radius 3 is 2.42 bits per heavy atom. The van der Waals surface area contributed by atoms with Crippen molar-refractivity contribution in [2.75, 3.05) is 0 Å². The SMILES string of the molecule is CCCCC[C@@H](C)NC(=O)[C@H](CC)c1ccccc1. The number of hydrogen-bond donors (Lipinski definition) is 1. The van der Waals surface area contributed by atoms with Crippen LogP contribution in [0.3, 0.4) is 0 Å². The number of hydrogen-bond acceptors (Lipinski definition) is 1. The normalized spacial score (nSPS) is 13.8. The summed E-state index contributed by atoms with van der Waals surface area (Å²) in [5.74, 6) is 0.146. The van der Waals surface area contributed by atoms with E-state index in [-0.39, 0.29) is 17.9 Å². The van der Waals surface area contributed by atoms with Crippen molar-refractivity contribution in [1.82, 2.24) is 5.32 Å². The zero-order chi connectivity index (χ0) is 14.1. The predicted molar refractivity (Wildman–Crippen MR) is 81.2 cm³/mol. The molecule has 0 heterocycles. The molecule has 0 aliphatic rings. The van der Waals surface area contributed by atoms with Gasteiger partial charge in [-0.15, -0.1) is 0 Å². The van der Waals surface area contributed by atoms with Gasteiger partial charge in [-0.3, -0.25) is 4.79 Å². The molecule has 1 aromatic carbocycles. The third-order valence-electron chi connectivity index (χ3n) is 3.56. The van der Waals surface area contributed by atoms with Crippen LogP contribution in [0.25, 0.3) is 0 Å². The van der Waals surface area contributed by atoms with Gasteiger partial charge in [0.15, 0.2) is 0 Å². The van der Waals surface area contributed by atoms with Crippen molar-refractivity contribution < 1.29 is 4.79 Å². The molecule has 0 saturated heterocycles. The summed E-state index contributed by atoms with van der Waals surface area (Å²) in [6.45, 7) is 6.37. The molecule has 0 radical (unpaired) electrons. The van der Waals surface area contributed by atoms with Crippen molar-refractivity contribution in [3.8, 4) is 0 Å². The molecule has 0 fully saturated rings. The molecule has 1 rings (SSSR count). The molecule has 0 bridgehead atoms. The van der Waals surface area contributed by atoms with Crippen LogP contribution in [0.15, 0.2) is 30.3 Å². The fourth-order valence-corrected chi connectivity index (χ4v) is 2.37. The third kappa shape index (κ3) is 5.46. The van der Waals surface area contributed by atoms with Gasteiger partial charge in [-0.1, -0.05) is 63.4 Å². The molecule has 1 N–H and O–H groups in total. The first kappa shape index (κ1) is 15.7. The molecule has 2 nitrogen and oxygen atoms in total. The fraction of sp³-hybridized carbons (Fsp3) is 0.588. The Hall–Kier alpha value is -1.31. The lowest BCUT2D eigenvalue weighted by molar-refractivity contribution is -0.123. The van der Waals surface area contributed by atoms with Crippen molar-refractivity contribution in [2.45, 2.75) is 64.8 Å². The largest absolute Gasteiger partial charge is 0.353 e. The van der Waals surface area contributed by atoms with E-state index in [0.29, 0.717) is 0 Å². The lowest BCUT2D eigenvalue weighted by atomic mass is 9.95. The highest BCUT2D eigenvalue weighted by Crippen LogP contribution is 2.19. The Bertz CT molecular complexity index is 361. The monoisotopic (exact) mass is 261 g/mol. The van der Waals surface area contributed by atoms with Gasteiger partial charge in [0.1, 0.15) is 0 Å². The summed E-state index contributed by atoms with van der Waals surface area (Å²) in [6, 6.07) is 10.3. The summed E-state index contributed by atoms with van der Waals surface area (Å²) >= 11 is 0. The van der Waals surface area contributed by atoms with Crippen LogP contribution >= 0.6 is 0 Å². The number of unbranched alkanes of at least 4 members (excludes halogenated alkanes) is 2. The zero-order valence-electron chi connectivity index (χ0n) is 12.5. The van der Waals surface area contributed by atoms with Gasteiger partial charge in [0, 0.05) is 6.04 Å². The van der Waals surface area contributed by atoms with E-state index < -0.39 is 0 Å². The average Bonchev–Trinajstić information content (AvgIpc) is 2.41. The maximum Gasteiger partial charge on any atom is 0.227 e. The van der Waals surface area contributed by atoms with Crippen molar-refractivity contribution in [1.29, 1.82) is 0 Å². The highest BCUT2D eigenvalue weighted by Gasteiger charge is 2.19. The number of nitrogens with one attached hydrogen (secondary N) is 1. The Morgan fingerprint density at radius 2 is 1.84 bits per heavy atom. The van der Waals surface area contributed by atoms with Gasteiger partial charge in [-0.05, 0) is 25.3 Å². The van der Waals surface area contributed by atoms with E-state index in [1.165, 1.54) is 19.3 Å². The number of carbonyl (C=O) groups excluding carboxylic acids is 1. The first-order chi connectivity index (χ1) is 9.19. The van der Waals surface area contributed by atoms with Crippen LogP contribution in [0.2, 0.25) is 0 Å². The molecule has 106 valence electrons. The number of carbonyl (C=O) groups is 1. The Morgan fingerprint density at radius 1 is 1.16 bits per heavy atom. The van der Waals surface area contributed by atoms with E-state index in [1.807, 2.05) is 30.3 Å². The molecule has 0 aliphatic carbocycles. The van der Waals surface area contributed by atoms with Crippen LogP contribution in [0.5, 0.6) is 0 Å². The van der Waals surface area contributed by atoms with Crippen LogP contribution in [0.4, 0.5) is 0 Å². The molecule has 0 unspecified atom stereocenters. The van der Waals surface area contributed by atoms with Gasteiger partial charge in [0.05, 0.1) is 5.92 Å². The van der Waals surface area contributed by atoms with Crippen molar-refractivity contribution >= 4 is 5.91 Å². The van der Waals surface area contributed by atoms with Crippen LogP contribution in [-0.2, 0) is 4.79 Å². The molecule has 19 heavy (non-hydrogen) atoms. The van der Waals surface area contributed by atoms with Gasteiger partial charge in [-0.2, -0.15) is 0 Å². The molecule has 2 heteroatoms. The average molecular weight is 261 g/mol. The minimum atomic E-state index is -0.0187. The lowest BCUT2D eigenvalue weighted by Crippen LogP contribution is -2.36. The molecule has 1 amide bonds. The van der Waals surface area contributed by atoms with Crippen molar-refractivity contribution in [3.05, 3.63) is 35.9 Å². The van der Waals surface area contributed by atoms with Crippen molar-refractivity contribution in [3.63, 3.8) is 0 Å². The Labute approximate surface area is 117 Å². The van der Waals surface area contributed by atoms with Crippen LogP contribution in [-0.4, -0.2) is 11.9 Å². The van der Waals surface area contributed by atoms with E-state index in [9.17, 15) is 4.79 Å². The van der Waals surface area contributed by atoms with Crippen LogP contribution in [0.1, 0.15) is 64.4 Å². The summed E-state index contributed by atoms with van der Waals surface area (Å²) in [7, 11) is 0. The first-order valence-corrected chi connectivity index (χ1v) is 7.54. The predicted octanol–water partition coefficient (Wildman–Crippen LogP) is 4.27. The lowest BCUT2D eigenvalue weighted by Gasteiger charge is -2.19. The summed E-state index contributed by atoms with van der Waals surface area (Å²) in [4.78, 5) is 12.3. The number of rotatable bonds is 8. The van der Waals surface area contributed by atoms with Gasteiger partial charge in [-0.25, -0.2) is 0 Å². The topological polar surface area (TPSA) is 29.1 Å². The second-order valence-electron chi connectivity index (χ2n) is 5.28. The zero-order valence-corrected chi connectivity index (χ0v) is 12.5. The summed E-state index contributed by atoms with van der Waals surface area (Å²) in [5.41, 5.74) is 1.11. The molecular weight excluding hydrogens is 234 g/mol. The highest BCUT2D eigenvalue weighted by atomic mass is 16.1. The smallest absolute Gasteiger partial charge is 0.227 e. The van der Waals surface area contributed by atoms with Gasteiger partial charge < -0.3 is 5.32 Å². The van der Waals surface area contributed by atoms with E-state index in [0.717, 1.165) is 18.4 Å². The van der Waals surface area contributed by atoms with E-state index >= 15 is 0 Å². The quantitative estimate of drug-likeness (QED) is 0.696. The highest BCUT2D eigenvalue weighted by molar-refractivity contribution is 5.83. The standard InChI is InChI=1S/C17H27NO/c1-4-6-8-11-14(3)18-17(19)16(5-2)15-12-9-7-10-13-15/h7,9-10,12-14,16H,4-6,8,11H2,1-3H3,(H,18,19)/t14-,16-/m1/s1. The van der Waals surface area contributed by atoms with E-state index in [2.05, 4.69) is 26.1 Å². The van der Waals surface area contributed by atoms with Crippen molar-refractivity contribution in [2.24, 2.45) is 0 Å². The number of benzene rings is 1. The second kappa shape index (κ2) is 8.73. The second-order valence-corrected chi connectivity index (χ2v) is 5.28.